The molecule has 1 aromatic carbocycles. The summed E-state index contributed by atoms with van der Waals surface area (Å²) in [6.07, 6.45) is 0. The molecule has 0 saturated heterocycles. The van der Waals surface area contributed by atoms with Gasteiger partial charge in [0, 0.05) is 13.8 Å². The second-order valence-corrected chi connectivity index (χ2v) is 3.04. The van der Waals surface area contributed by atoms with E-state index in [0.717, 1.165) is 0 Å². The average molecular weight is 207 g/mol. The van der Waals surface area contributed by atoms with E-state index in [-0.39, 0.29) is 23.3 Å². The second-order valence-electron chi connectivity index (χ2n) is 3.04. The van der Waals surface area contributed by atoms with E-state index in [9.17, 15) is 14.7 Å². The van der Waals surface area contributed by atoms with Gasteiger partial charge < -0.3 is 10.6 Å². The Labute approximate surface area is 87.1 Å². The summed E-state index contributed by atoms with van der Waals surface area (Å²) in [7, 11) is 0. The molecule has 1 rings (SSSR count). The van der Waals surface area contributed by atoms with Crippen molar-refractivity contribution in [2.24, 2.45) is 0 Å². The number of nitrogens with one attached hydrogen (secondary N) is 2. The third kappa shape index (κ3) is 2.98. The van der Waals surface area contributed by atoms with Crippen molar-refractivity contribution in [1.82, 2.24) is 0 Å². The van der Waals surface area contributed by atoms with E-state index in [1.165, 1.54) is 26.0 Å². The Morgan fingerprint density at radius 1 is 1.07 bits per heavy atom. The molecule has 1 aromatic rings. The van der Waals surface area contributed by atoms with Crippen LogP contribution in [-0.4, -0.2) is 11.8 Å². The lowest BCUT2D eigenvalue weighted by Gasteiger charge is -2.10. The first-order valence-corrected chi connectivity index (χ1v) is 4.36. The average Bonchev–Trinajstić information content (AvgIpc) is 2.09. The topological polar surface area (TPSA) is 78.1 Å². The third-order valence-electron chi connectivity index (χ3n) is 1.64. The number of rotatable bonds is 2. The normalized spacial score (nSPS) is 9.47. The third-order valence-corrected chi connectivity index (χ3v) is 1.64. The number of amides is 2. The van der Waals surface area contributed by atoms with Gasteiger partial charge in [-0.05, 0) is 12.1 Å². The minimum absolute atomic E-state index is 0.0974. The number of carbonyl (C=O) groups is 2. The van der Waals surface area contributed by atoms with E-state index < -0.39 is 0 Å². The molecule has 5 heteroatoms. The fraction of sp³-hybridized carbons (Fsp3) is 0.200. The molecular weight excluding hydrogens is 196 g/mol. The Balaban J connectivity index is 3.08. The van der Waals surface area contributed by atoms with Crippen molar-refractivity contribution < 1.29 is 14.7 Å². The van der Waals surface area contributed by atoms with E-state index in [1.807, 2.05) is 0 Å². The van der Waals surface area contributed by atoms with Gasteiger partial charge in [0.05, 0.1) is 5.69 Å². The predicted octanol–water partition coefficient (Wildman–Crippen LogP) is 1.75. The second kappa shape index (κ2) is 4.45. The van der Waals surface area contributed by atoms with Crippen molar-refractivity contribution >= 4 is 23.2 Å². The molecular formula is C10H11N2O3. The molecule has 79 valence electrons. The standard InChI is InChI=1S/C10H11N2O3/c1-6(13)11-8-4-3-5-9(15)10(8)12-7(2)14/h3-5H,1-2H3,(H,11,13)(H,12,14). The molecule has 0 fully saturated rings. The van der Waals surface area contributed by atoms with Crippen LogP contribution in [0.15, 0.2) is 18.2 Å². The maximum atomic E-state index is 11.4. The van der Waals surface area contributed by atoms with Gasteiger partial charge in [-0.2, -0.15) is 0 Å². The first-order valence-electron chi connectivity index (χ1n) is 4.36. The lowest BCUT2D eigenvalue weighted by molar-refractivity contribution is -0.115. The highest BCUT2D eigenvalue weighted by atomic mass is 16.3. The van der Waals surface area contributed by atoms with Crippen molar-refractivity contribution in [3.8, 4) is 5.75 Å². The van der Waals surface area contributed by atoms with Crippen molar-refractivity contribution in [3.05, 3.63) is 18.2 Å². The lowest BCUT2D eigenvalue weighted by atomic mass is 10.2. The molecule has 5 nitrogen and oxygen atoms in total. The molecule has 1 radical (unpaired) electrons. The van der Waals surface area contributed by atoms with Gasteiger partial charge in [-0.3, -0.25) is 14.7 Å². The van der Waals surface area contributed by atoms with Crippen LogP contribution in [0.25, 0.3) is 0 Å². The molecule has 0 aliphatic rings. The Bertz CT molecular complexity index is 402. The van der Waals surface area contributed by atoms with Crippen LogP contribution in [0, 0.1) is 0 Å². The molecule has 0 atom stereocenters. The maximum absolute atomic E-state index is 11.4. The molecule has 2 amide bonds. The van der Waals surface area contributed by atoms with Crippen molar-refractivity contribution in [2.45, 2.75) is 13.8 Å². The van der Waals surface area contributed by atoms with Gasteiger partial charge in [-0.15, -0.1) is 0 Å². The van der Waals surface area contributed by atoms with Crippen molar-refractivity contribution in [1.29, 1.82) is 0 Å². The van der Waals surface area contributed by atoms with Gasteiger partial charge in [-0.25, -0.2) is 0 Å². The fourth-order valence-electron chi connectivity index (χ4n) is 1.13. The van der Waals surface area contributed by atoms with Crippen molar-refractivity contribution in [3.63, 3.8) is 0 Å². The Morgan fingerprint density at radius 3 is 2.20 bits per heavy atom. The molecule has 0 saturated carbocycles. The van der Waals surface area contributed by atoms with Crippen molar-refractivity contribution in [2.75, 3.05) is 10.6 Å². The highest BCUT2D eigenvalue weighted by Crippen LogP contribution is 2.31. The number of anilines is 2. The summed E-state index contributed by atoms with van der Waals surface area (Å²) in [5.74, 6) is -0.992. The predicted molar refractivity (Wildman–Crippen MR) is 55.2 cm³/mol. The van der Waals surface area contributed by atoms with Crippen LogP contribution < -0.4 is 10.6 Å². The molecule has 0 spiro atoms. The van der Waals surface area contributed by atoms with Gasteiger partial charge in [0.25, 0.3) is 0 Å². The van der Waals surface area contributed by atoms with Crippen LogP contribution >= 0.6 is 0 Å². The summed E-state index contributed by atoms with van der Waals surface area (Å²) in [6.45, 7) is 2.62. The summed E-state index contributed by atoms with van der Waals surface area (Å²) in [5, 5.41) is 16.2. The van der Waals surface area contributed by atoms with Crippen LogP contribution in [-0.2, 0) is 14.7 Å². The molecule has 2 N–H and O–H groups in total. The summed E-state index contributed by atoms with van der Waals surface area (Å²) < 4.78 is 0. The number of para-hydroxylation sites is 1. The van der Waals surface area contributed by atoms with E-state index in [1.54, 1.807) is 6.07 Å². The van der Waals surface area contributed by atoms with E-state index in [2.05, 4.69) is 10.6 Å². The van der Waals surface area contributed by atoms with Crippen LogP contribution in [0.4, 0.5) is 11.4 Å². The van der Waals surface area contributed by atoms with Gasteiger partial charge in [0.2, 0.25) is 17.6 Å². The Kier molecular flexibility index (Phi) is 3.28. The zero-order chi connectivity index (χ0) is 11.4. The molecule has 0 bridgehead atoms. The van der Waals surface area contributed by atoms with E-state index >= 15 is 0 Å². The molecule has 0 aliphatic heterocycles. The van der Waals surface area contributed by atoms with Crippen LogP contribution in [0.2, 0.25) is 0 Å². The zero-order valence-corrected chi connectivity index (χ0v) is 8.46. The fourth-order valence-corrected chi connectivity index (χ4v) is 1.13. The minimum atomic E-state index is -0.357. The van der Waals surface area contributed by atoms with Crippen LogP contribution in [0.1, 0.15) is 13.8 Å². The highest BCUT2D eigenvalue weighted by Gasteiger charge is 2.11. The summed E-state index contributed by atoms with van der Waals surface area (Å²) in [6, 6.07) is 4.38. The van der Waals surface area contributed by atoms with Crippen LogP contribution in [0.3, 0.4) is 0 Å². The highest BCUT2D eigenvalue weighted by molar-refractivity contribution is 5.99. The minimum Gasteiger partial charge on any atom is -0.324 e. The summed E-state index contributed by atoms with van der Waals surface area (Å²) >= 11 is 0. The maximum Gasteiger partial charge on any atom is 0.221 e. The number of hydrogen-bond acceptors (Lipinski definition) is 2. The van der Waals surface area contributed by atoms with Crippen LogP contribution in [0.5, 0.6) is 5.75 Å². The van der Waals surface area contributed by atoms with Gasteiger partial charge in [0.1, 0.15) is 5.69 Å². The van der Waals surface area contributed by atoms with E-state index in [4.69, 9.17) is 0 Å². The summed E-state index contributed by atoms with van der Waals surface area (Å²) in [5.41, 5.74) is 0.408. The first-order chi connectivity index (χ1) is 7.00. The number of benzene rings is 1. The Hall–Kier alpha value is -2.04. The number of hydrogen-bond donors (Lipinski definition) is 2. The lowest BCUT2D eigenvalue weighted by Crippen LogP contribution is -2.12. The molecule has 0 aromatic heterocycles. The zero-order valence-electron chi connectivity index (χ0n) is 8.46. The summed E-state index contributed by atoms with van der Waals surface area (Å²) in [4.78, 5) is 21.7. The molecule has 0 aliphatic carbocycles. The van der Waals surface area contributed by atoms with Gasteiger partial charge in [0.15, 0.2) is 0 Å². The molecule has 0 unspecified atom stereocenters. The molecule has 15 heavy (non-hydrogen) atoms. The Morgan fingerprint density at radius 2 is 1.67 bits per heavy atom. The molecule has 0 heterocycles. The SMILES string of the molecule is CC(=O)Nc1cccc([O])c1NC(C)=O. The van der Waals surface area contributed by atoms with Gasteiger partial charge >= 0.3 is 0 Å². The van der Waals surface area contributed by atoms with E-state index in [0.29, 0.717) is 5.69 Å². The largest absolute Gasteiger partial charge is 0.324 e. The monoisotopic (exact) mass is 207 g/mol. The van der Waals surface area contributed by atoms with Gasteiger partial charge in [-0.1, -0.05) is 6.07 Å². The quantitative estimate of drug-likeness (QED) is 0.774. The smallest absolute Gasteiger partial charge is 0.221 e. The number of carbonyl (C=O) groups excluding carboxylic acids is 2. The first kappa shape index (κ1) is 11.0.